The van der Waals surface area contributed by atoms with Crippen molar-refractivity contribution in [1.82, 2.24) is 10.3 Å². The van der Waals surface area contributed by atoms with Crippen molar-refractivity contribution in [3.63, 3.8) is 0 Å². The molecular weight excluding hydrogens is 188 g/mol. The average molecular weight is 208 g/mol. The molecule has 0 bridgehead atoms. The Balaban J connectivity index is 1.99. The molecule has 0 aromatic carbocycles. The van der Waals surface area contributed by atoms with Crippen LogP contribution in [0.5, 0.6) is 0 Å². The molecule has 1 aliphatic heterocycles. The first-order valence-corrected chi connectivity index (χ1v) is 5.93. The van der Waals surface area contributed by atoms with Gasteiger partial charge < -0.3 is 9.73 Å². The van der Waals surface area contributed by atoms with Gasteiger partial charge in [-0.2, -0.15) is 0 Å². The van der Waals surface area contributed by atoms with Gasteiger partial charge in [-0.05, 0) is 25.3 Å². The van der Waals surface area contributed by atoms with Crippen molar-refractivity contribution in [2.45, 2.75) is 45.6 Å². The van der Waals surface area contributed by atoms with E-state index in [-0.39, 0.29) is 0 Å². The molecule has 1 fully saturated rings. The normalized spacial score (nSPS) is 22.2. The Kier molecular flexibility index (Phi) is 3.41. The summed E-state index contributed by atoms with van der Waals surface area (Å²) in [6.07, 6.45) is 6.57. The van der Waals surface area contributed by atoms with Crippen LogP contribution in [0.1, 0.15) is 50.8 Å². The minimum atomic E-state index is 0.347. The van der Waals surface area contributed by atoms with Gasteiger partial charge in [0.1, 0.15) is 5.76 Å². The summed E-state index contributed by atoms with van der Waals surface area (Å²) >= 11 is 0. The molecule has 2 heterocycles. The minimum Gasteiger partial charge on any atom is -0.444 e. The van der Waals surface area contributed by atoms with E-state index in [0.29, 0.717) is 12.0 Å². The highest BCUT2D eigenvalue weighted by molar-refractivity contribution is 4.99. The number of rotatable bonds is 3. The highest BCUT2D eigenvalue weighted by Crippen LogP contribution is 2.23. The maximum Gasteiger partial charge on any atom is 0.211 e. The van der Waals surface area contributed by atoms with Crippen LogP contribution in [0.25, 0.3) is 0 Å². The number of aromatic nitrogens is 1. The van der Waals surface area contributed by atoms with Crippen molar-refractivity contribution in [1.29, 1.82) is 0 Å². The van der Waals surface area contributed by atoms with Gasteiger partial charge in [0.05, 0.1) is 12.2 Å². The van der Waals surface area contributed by atoms with Crippen molar-refractivity contribution in [3.8, 4) is 0 Å². The van der Waals surface area contributed by atoms with E-state index in [9.17, 15) is 0 Å². The van der Waals surface area contributed by atoms with E-state index in [2.05, 4.69) is 24.1 Å². The number of nitrogens with one attached hydrogen (secondary N) is 1. The average Bonchev–Trinajstić information content (AvgIpc) is 2.67. The number of oxazole rings is 1. The Labute approximate surface area is 91.3 Å². The molecule has 84 valence electrons. The molecule has 1 aliphatic rings. The zero-order valence-electron chi connectivity index (χ0n) is 9.62. The summed E-state index contributed by atoms with van der Waals surface area (Å²) in [5, 5.41) is 3.45. The third-order valence-corrected chi connectivity index (χ3v) is 2.79. The standard InChI is InChI=1S/C12H20N2O/c1-9(2)7-10-8-14-12(15-10)11-5-3-4-6-13-11/h8-9,11,13H,3-7H2,1-2H3. The van der Waals surface area contributed by atoms with Crippen molar-refractivity contribution in [3.05, 3.63) is 17.8 Å². The van der Waals surface area contributed by atoms with E-state index in [0.717, 1.165) is 31.0 Å². The topological polar surface area (TPSA) is 38.1 Å². The Hall–Kier alpha value is -0.830. The van der Waals surface area contributed by atoms with Crippen molar-refractivity contribution < 1.29 is 4.42 Å². The van der Waals surface area contributed by atoms with E-state index < -0.39 is 0 Å². The van der Waals surface area contributed by atoms with Gasteiger partial charge in [-0.3, -0.25) is 0 Å². The van der Waals surface area contributed by atoms with Gasteiger partial charge in [0.25, 0.3) is 0 Å². The smallest absolute Gasteiger partial charge is 0.211 e. The molecule has 3 nitrogen and oxygen atoms in total. The number of nitrogens with zero attached hydrogens (tertiary/aromatic N) is 1. The molecule has 0 saturated carbocycles. The molecule has 3 heteroatoms. The van der Waals surface area contributed by atoms with Gasteiger partial charge in [-0.25, -0.2) is 4.98 Å². The van der Waals surface area contributed by atoms with Crippen LogP contribution in [-0.4, -0.2) is 11.5 Å². The molecule has 1 atom stereocenters. The predicted molar refractivity (Wildman–Crippen MR) is 59.6 cm³/mol. The first-order chi connectivity index (χ1) is 7.25. The van der Waals surface area contributed by atoms with Crippen molar-refractivity contribution in [2.24, 2.45) is 5.92 Å². The van der Waals surface area contributed by atoms with Crippen LogP contribution < -0.4 is 5.32 Å². The van der Waals surface area contributed by atoms with Crippen molar-refractivity contribution >= 4 is 0 Å². The van der Waals surface area contributed by atoms with Gasteiger partial charge >= 0.3 is 0 Å². The lowest BCUT2D eigenvalue weighted by Gasteiger charge is -2.20. The summed E-state index contributed by atoms with van der Waals surface area (Å²) in [5.41, 5.74) is 0. The summed E-state index contributed by atoms with van der Waals surface area (Å²) in [6, 6.07) is 0.347. The second kappa shape index (κ2) is 4.79. The molecule has 1 aromatic heterocycles. The lowest BCUT2D eigenvalue weighted by Crippen LogP contribution is -2.26. The fourth-order valence-electron chi connectivity index (χ4n) is 2.04. The van der Waals surface area contributed by atoms with Gasteiger partial charge in [0.15, 0.2) is 0 Å². The summed E-state index contributed by atoms with van der Waals surface area (Å²) in [5.74, 6) is 2.53. The summed E-state index contributed by atoms with van der Waals surface area (Å²) in [7, 11) is 0. The zero-order chi connectivity index (χ0) is 10.7. The SMILES string of the molecule is CC(C)Cc1cnc(C2CCCCN2)o1. The van der Waals surface area contributed by atoms with E-state index in [1.165, 1.54) is 12.8 Å². The molecule has 1 saturated heterocycles. The molecule has 1 N–H and O–H groups in total. The van der Waals surface area contributed by atoms with Gasteiger partial charge in [-0.1, -0.05) is 20.3 Å². The molecule has 1 aromatic rings. The maximum absolute atomic E-state index is 5.76. The molecule has 0 spiro atoms. The highest BCUT2D eigenvalue weighted by atomic mass is 16.4. The Morgan fingerprint density at radius 2 is 2.40 bits per heavy atom. The summed E-state index contributed by atoms with van der Waals surface area (Å²) in [4.78, 5) is 4.36. The summed E-state index contributed by atoms with van der Waals surface area (Å²) < 4.78 is 5.76. The predicted octanol–water partition coefficient (Wildman–Crippen LogP) is 2.69. The first kappa shape index (κ1) is 10.7. The Morgan fingerprint density at radius 3 is 3.07 bits per heavy atom. The highest BCUT2D eigenvalue weighted by Gasteiger charge is 2.19. The maximum atomic E-state index is 5.76. The molecular formula is C12H20N2O. The van der Waals surface area contributed by atoms with Crippen LogP contribution in [0.3, 0.4) is 0 Å². The molecule has 15 heavy (non-hydrogen) atoms. The molecule has 0 aliphatic carbocycles. The van der Waals surface area contributed by atoms with Gasteiger partial charge in [0, 0.05) is 6.42 Å². The largest absolute Gasteiger partial charge is 0.444 e. The van der Waals surface area contributed by atoms with E-state index >= 15 is 0 Å². The van der Waals surface area contributed by atoms with Crippen LogP contribution in [0, 0.1) is 5.92 Å². The molecule has 0 amide bonds. The quantitative estimate of drug-likeness (QED) is 0.830. The number of piperidine rings is 1. The Morgan fingerprint density at radius 1 is 1.53 bits per heavy atom. The van der Waals surface area contributed by atoms with Gasteiger partial charge in [0.2, 0.25) is 5.89 Å². The van der Waals surface area contributed by atoms with Crippen LogP contribution in [0.4, 0.5) is 0 Å². The second-order valence-corrected chi connectivity index (χ2v) is 4.77. The van der Waals surface area contributed by atoms with Crippen molar-refractivity contribution in [2.75, 3.05) is 6.54 Å². The van der Waals surface area contributed by atoms with Crippen LogP contribution in [0.15, 0.2) is 10.6 Å². The molecule has 1 unspecified atom stereocenters. The Bertz CT molecular complexity index is 300. The monoisotopic (exact) mass is 208 g/mol. The van der Waals surface area contributed by atoms with Gasteiger partial charge in [-0.15, -0.1) is 0 Å². The van der Waals surface area contributed by atoms with Crippen LogP contribution in [-0.2, 0) is 6.42 Å². The minimum absolute atomic E-state index is 0.347. The first-order valence-electron chi connectivity index (χ1n) is 5.93. The third kappa shape index (κ3) is 2.81. The third-order valence-electron chi connectivity index (χ3n) is 2.79. The fraction of sp³-hybridized carbons (Fsp3) is 0.750. The number of hydrogen-bond donors (Lipinski definition) is 1. The lowest BCUT2D eigenvalue weighted by atomic mass is 10.1. The zero-order valence-corrected chi connectivity index (χ0v) is 9.62. The van der Waals surface area contributed by atoms with E-state index in [4.69, 9.17) is 4.42 Å². The second-order valence-electron chi connectivity index (χ2n) is 4.77. The summed E-state index contributed by atoms with van der Waals surface area (Å²) in [6.45, 7) is 5.48. The fourth-order valence-corrected chi connectivity index (χ4v) is 2.04. The molecule has 0 radical (unpaired) electrons. The molecule has 2 rings (SSSR count). The van der Waals surface area contributed by atoms with E-state index in [1.807, 2.05) is 6.20 Å². The number of hydrogen-bond acceptors (Lipinski definition) is 3. The van der Waals surface area contributed by atoms with Crippen LogP contribution in [0.2, 0.25) is 0 Å². The van der Waals surface area contributed by atoms with E-state index in [1.54, 1.807) is 0 Å². The lowest BCUT2D eigenvalue weighted by molar-refractivity contribution is 0.325. The van der Waals surface area contributed by atoms with Crippen LogP contribution >= 0.6 is 0 Å².